The number of anilines is 1. The highest BCUT2D eigenvalue weighted by Gasteiger charge is 2.22. The number of hydrogen-bond donors (Lipinski definition) is 1. The fraction of sp³-hybridized carbons (Fsp3) is 0.600. The van der Waals surface area contributed by atoms with Crippen molar-refractivity contribution in [1.29, 1.82) is 0 Å². The van der Waals surface area contributed by atoms with Crippen molar-refractivity contribution < 1.29 is 4.74 Å². The summed E-state index contributed by atoms with van der Waals surface area (Å²) in [4.78, 5) is 2.34. The molecule has 104 valence electrons. The normalized spacial score (nSPS) is 23.7. The summed E-state index contributed by atoms with van der Waals surface area (Å²) in [7, 11) is 0. The second-order valence-electron chi connectivity index (χ2n) is 5.56. The molecule has 1 aliphatic carbocycles. The Morgan fingerprint density at radius 1 is 1.42 bits per heavy atom. The lowest BCUT2D eigenvalue weighted by molar-refractivity contribution is 0.0989. The van der Waals surface area contributed by atoms with Gasteiger partial charge in [-0.15, -0.1) is 0 Å². The minimum absolute atomic E-state index is 0.390. The Hall–Kier alpha value is -0.770. The summed E-state index contributed by atoms with van der Waals surface area (Å²) in [5.74, 6) is 0. The maximum Gasteiger partial charge on any atom is 0.0668 e. The van der Waals surface area contributed by atoms with Crippen LogP contribution in [-0.2, 0) is 11.3 Å². The van der Waals surface area contributed by atoms with Crippen LogP contribution in [-0.4, -0.2) is 31.8 Å². The Labute approximate surface area is 119 Å². The Bertz CT molecular complexity index is 448. The van der Waals surface area contributed by atoms with E-state index in [9.17, 15) is 0 Å². The smallest absolute Gasteiger partial charge is 0.0668 e. The van der Waals surface area contributed by atoms with Gasteiger partial charge in [0.25, 0.3) is 0 Å². The summed E-state index contributed by atoms with van der Waals surface area (Å²) in [6, 6.07) is 7.54. The van der Waals surface area contributed by atoms with E-state index >= 15 is 0 Å². The van der Waals surface area contributed by atoms with Crippen LogP contribution in [0.3, 0.4) is 0 Å². The van der Waals surface area contributed by atoms with Crippen LogP contribution >= 0.6 is 11.6 Å². The number of hydrogen-bond acceptors (Lipinski definition) is 3. The van der Waals surface area contributed by atoms with Crippen molar-refractivity contribution in [3.8, 4) is 0 Å². The average Bonchev–Trinajstić information content (AvgIpc) is 3.22. The van der Waals surface area contributed by atoms with Crippen LogP contribution in [0.5, 0.6) is 0 Å². The largest absolute Gasteiger partial charge is 0.377 e. The second kappa shape index (κ2) is 5.70. The van der Waals surface area contributed by atoms with Crippen molar-refractivity contribution >= 4 is 17.3 Å². The van der Waals surface area contributed by atoms with E-state index in [2.05, 4.69) is 35.3 Å². The fourth-order valence-corrected chi connectivity index (χ4v) is 2.84. The van der Waals surface area contributed by atoms with Gasteiger partial charge in [0, 0.05) is 25.2 Å². The molecule has 3 nitrogen and oxygen atoms in total. The molecule has 2 aliphatic rings. The molecule has 1 N–H and O–H groups in total. The molecule has 2 fully saturated rings. The molecule has 1 aliphatic heterocycles. The van der Waals surface area contributed by atoms with Gasteiger partial charge in [0.15, 0.2) is 0 Å². The molecular formula is C15H21ClN2O. The molecule has 1 saturated heterocycles. The quantitative estimate of drug-likeness (QED) is 0.918. The second-order valence-corrected chi connectivity index (χ2v) is 5.97. The highest BCUT2D eigenvalue weighted by Crippen LogP contribution is 2.30. The Kier molecular flexibility index (Phi) is 3.96. The molecule has 1 atom stereocenters. The van der Waals surface area contributed by atoms with Crippen molar-refractivity contribution in [2.24, 2.45) is 0 Å². The van der Waals surface area contributed by atoms with Gasteiger partial charge < -0.3 is 15.0 Å². The third-order valence-electron chi connectivity index (χ3n) is 3.86. The van der Waals surface area contributed by atoms with Crippen LogP contribution in [0.25, 0.3) is 0 Å². The summed E-state index contributed by atoms with van der Waals surface area (Å²) in [6.45, 7) is 5.58. The number of benzene rings is 1. The minimum atomic E-state index is 0.390. The van der Waals surface area contributed by atoms with E-state index in [1.54, 1.807) is 0 Å². The van der Waals surface area contributed by atoms with Gasteiger partial charge in [-0.05, 0) is 37.5 Å². The van der Waals surface area contributed by atoms with Gasteiger partial charge in [0.05, 0.1) is 23.9 Å². The van der Waals surface area contributed by atoms with E-state index < -0.39 is 0 Å². The van der Waals surface area contributed by atoms with Gasteiger partial charge in [-0.3, -0.25) is 0 Å². The van der Waals surface area contributed by atoms with Crippen molar-refractivity contribution in [2.75, 3.05) is 24.7 Å². The van der Waals surface area contributed by atoms with Gasteiger partial charge in [-0.25, -0.2) is 0 Å². The highest BCUT2D eigenvalue weighted by atomic mass is 35.5. The Morgan fingerprint density at radius 3 is 2.95 bits per heavy atom. The van der Waals surface area contributed by atoms with Gasteiger partial charge in [-0.1, -0.05) is 17.7 Å². The zero-order valence-electron chi connectivity index (χ0n) is 11.4. The molecule has 1 heterocycles. The SMILES string of the molecule is CC1COCCN1c1ccc(CNC2CC2)cc1Cl. The number of morpholine rings is 1. The lowest BCUT2D eigenvalue weighted by Gasteiger charge is -2.35. The number of halogens is 1. The van der Waals surface area contributed by atoms with Crippen LogP contribution in [0.4, 0.5) is 5.69 Å². The monoisotopic (exact) mass is 280 g/mol. The summed E-state index contributed by atoms with van der Waals surface area (Å²) in [5, 5.41) is 4.37. The van der Waals surface area contributed by atoms with E-state index in [4.69, 9.17) is 16.3 Å². The maximum absolute atomic E-state index is 6.45. The zero-order chi connectivity index (χ0) is 13.2. The van der Waals surface area contributed by atoms with E-state index in [-0.39, 0.29) is 0 Å². The van der Waals surface area contributed by atoms with E-state index in [0.29, 0.717) is 6.04 Å². The number of rotatable bonds is 4. The highest BCUT2D eigenvalue weighted by molar-refractivity contribution is 6.33. The molecule has 1 aromatic carbocycles. The molecule has 0 bridgehead atoms. The van der Waals surface area contributed by atoms with Crippen molar-refractivity contribution in [3.63, 3.8) is 0 Å². The summed E-state index contributed by atoms with van der Waals surface area (Å²) < 4.78 is 5.47. The van der Waals surface area contributed by atoms with Crippen molar-refractivity contribution in [1.82, 2.24) is 5.32 Å². The number of nitrogens with one attached hydrogen (secondary N) is 1. The van der Waals surface area contributed by atoms with Crippen molar-refractivity contribution in [3.05, 3.63) is 28.8 Å². The van der Waals surface area contributed by atoms with Gasteiger partial charge >= 0.3 is 0 Å². The number of ether oxygens (including phenoxy) is 1. The van der Waals surface area contributed by atoms with E-state index in [0.717, 1.165) is 43.1 Å². The first-order valence-corrected chi connectivity index (χ1v) is 7.48. The first kappa shape index (κ1) is 13.2. The van der Waals surface area contributed by atoms with Crippen LogP contribution in [0.15, 0.2) is 18.2 Å². The third-order valence-corrected chi connectivity index (χ3v) is 4.16. The molecule has 0 radical (unpaired) electrons. The van der Waals surface area contributed by atoms with E-state index in [1.807, 2.05) is 0 Å². The fourth-order valence-electron chi connectivity index (χ4n) is 2.53. The molecule has 0 aromatic heterocycles. The lowest BCUT2D eigenvalue weighted by atomic mass is 10.1. The lowest BCUT2D eigenvalue weighted by Crippen LogP contribution is -2.43. The molecule has 1 unspecified atom stereocenters. The Balaban J connectivity index is 1.70. The first-order valence-electron chi connectivity index (χ1n) is 7.10. The first-order chi connectivity index (χ1) is 9.24. The standard InChI is InChI=1S/C15H21ClN2O/c1-11-10-19-7-6-18(11)15-5-2-12(8-14(15)16)9-17-13-3-4-13/h2,5,8,11,13,17H,3-4,6-7,9-10H2,1H3. The summed E-state index contributed by atoms with van der Waals surface area (Å²) >= 11 is 6.45. The molecule has 0 amide bonds. The zero-order valence-corrected chi connectivity index (χ0v) is 12.1. The average molecular weight is 281 g/mol. The van der Waals surface area contributed by atoms with Gasteiger partial charge in [-0.2, -0.15) is 0 Å². The predicted octanol–water partition coefficient (Wildman–Crippen LogP) is 2.82. The van der Waals surface area contributed by atoms with E-state index in [1.165, 1.54) is 18.4 Å². The molecule has 1 aromatic rings. The summed E-state index contributed by atoms with van der Waals surface area (Å²) in [5.41, 5.74) is 2.40. The van der Waals surface area contributed by atoms with Crippen LogP contribution in [0.2, 0.25) is 5.02 Å². The van der Waals surface area contributed by atoms with Crippen LogP contribution < -0.4 is 10.2 Å². The molecule has 1 saturated carbocycles. The minimum Gasteiger partial charge on any atom is -0.377 e. The Morgan fingerprint density at radius 2 is 2.26 bits per heavy atom. The topological polar surface area (TPSA) is 24.5 Å². The molecule has 3 rings (SSSR count). The molecule has 0 spiro atoms. The maximum atomic E-state index is 6.45. The van der Waals surface area contributed by atoms with Crippen LogP contribution in [0, 0.1) is 0 Å². The third kappa shape index (κ3) is 3.22. The van der Waals surface area contributed by atoms with Crippen molar-refractivity contribution in [2.45, 2.75) is 38.4 Å². The van der Waals surface area contributed by atoms with Gasteiger partial charge in [0.1, 0.15) is 0 Å². The molecule has 19 heavy (non-hydrogen) atoms. The van der Waals surface area contributed by atoms with Crippen LogP contribution in [0.1, 0.15) is 25.3 Å². The van der Waals surface area contributed by atoms with Gasteiger partial charge in [0.2, 0.25) is 0 Å². The predicted molar refractivity (Wildman–Crippen MR) is 78.9 cm³/mol. The number of nitrogens with zero attached hydrogens (tertiary/aromatic N) is 1. The summed E-state index contributed by atoms with van der Waals surface area (Å²) in [6.07, 6.45) is 2.63. The molecular weight excluding hydrogens is 260 g/mol. The molecule has 4 heteroatoms.